The van der Waals surface area contributed by atoms with E-state index in [1.54, 1.807) is 0 Å². The van der Waals surface area contributed by atoms with Gasteiger partial charge in [0.15, 0.2) is 0 Å². The molecular weight excluding hydrogens is 226 g/mol. The minimum absolute atomic E-state index is 0.322. The van der Waals surface area contributed by atoms with Crippen LogP contribution in [0.4, 0.5) is 5.82 Å². The van der Waals surface area contributed by atoms with Crippen LogP contribution >= 0.6 is 0 Å². The molecule has 4 nitrogen and oxygen atoms in total. The Morgan fingerprint density at radius 1 is 1.33 bits per heavy atom. The van der Waals surface area contributed by atoms with E-state index in [9.17, 15) is 0 Å². The molecule has 1 fully saturated rings. The zero-order valence-electron chi connectivity index (χ0n) is 11.6. The third-order valence-corrected chi connectivity index (χ3v) is 3.71. The van der Waals surface area contributed by atoms with Crippen molar-refractivity contribution < 1.29 is 4.74 Å². The lowest BCUT2D eigenvalue weighted by molar-refractivity contribution is 0.0856. The molecule has 2 atom stereocenters. The predicted molar refractivity (Wildman–Crippen MR) is 73.0 cm³/mol. The van der Waals surface area contributed by atoms with E-state index in [-0.39, 0.29) is 0 Å². The Morgan fingerprint density at radius 3 is 2.83 bits per heavy atom. The quantitative estimate of drug-likeness (QED) is 0.890. The highest BCUT2D eigenvalue weighted by atomic mass is 16.5. The van der Waals surface area contributed by atoms with Gasteiger partial charge in [-0.3, -0.25) is 0 Å². The molecule has 0 radical (unpaired) electrons. The van der Waals surface area contributed by atoms with Gasteiger partial charge in [0.2, 0.25) is 5.88 Å². The first-order chi connectivity index (χ1) is 8.72. The Labute approximate surface area is 109 Å². The van der Waals surface area contributed by atoms with Crippen LogP contribution in [0.25, 0.3) is 0 Å². The van der Waals surface area contributed by atoms with Crippen LogP contribution in [0.1, 0.15) is 44.9 Å². The van der Waals surface area contributed by atoms with E-state index in [2.05, 4.69) is 22.2 Å². The van der Waals surface area contributed by atoms with Crippen molar-refractivity contribution >= 4 is 5.82 Å². The number of aryl methyl sites for hydroxylation is 1. The Kier molecular flexibility index (Phi) is 4.39. The molecule has 0 spiro atoms. The monoisotopic (exact) mass is 249 g/mol. The fourth-order valence-corrected chi connectivity index (χ4v) is 2.68. The summed E-state index contributed by atoms with van der Waals surface area (Å²) in [5.41, 5.74) is 0. The van der Waals surface area contributed by atoms with Crippen molar-refractivity contribution in [3.63, 3.8) is 0 Å². The van der Waals surface area contributed by atoms with Crippen LogP contribution in [0.5, 0.6) is 5.88 Å². The Morgan fingerprint density at radius 2 is 2.11 bits per heavy atom. The van der Waals surface area contributed by atoms with Gasteiger partial charge in [-0.25, -0.2) is 4.98 Å². The molecule has 4 heteroatoms. The average Bonchev–Trinajstić information content (AvgIpc) is 2.38. The lowest BCUT2D eigenvalue weighted by Crippen LogP contribution is -2.30. The van der Waals surface area contributed by atoms with Crippen molar-refractivity contribution in [3.8, 4) is 5.88 Å². The Balaban J connectivity index is 2.09. The first-order valence-corrected chi connectivity index (χ1v) is 6.93. The van der Waals surface area contributed by atoms with Gasteiger partial charge in [-0.15, -0.1) is 0 Å². The highest BCUT2D eigenvalue weighted by molar-refractivity contribution is 5.37. The van der Waals surface area contributed by atoms with Gasteiger partial charge >= 0.3 is 0 Å². The third kappa shape index (κ3) is 3.12. The number of hydrogen-bond donors (Lipinski definition) is 1. The van der Waals surface area contributed by atoms with E-state index in [0.29, 0.717) is 17.9 Å². The molecule has 0 aliphatic heterocycles. The lowest BCUT2D eigenvalue weighted by Gasteiger charge is -2.30. The zero-order chi connectivity index (χ0) is 13.0. The molecule has 1 saturated carbocycles. The zero-order valence-corrected chi connectivity index (χ0v) is 11.6. The van der Waals surface area contributed by atoms with E-state index in [1.807, 2.05) is 20.0 Å². The normalized spacial score (nSPS) is 23.7. The van der Waals surface area contributed by atoms with Crippen LogP contribution in [-0.2, 0) is 0 Å². The van der Waals surface area contributed by atoms with Crippen molar-refractivity contribution in [1.82, 2.24) is 9.97 Å². The maximum absolute atomic E-state index is 6.09. The SMILES string of the molecule is CCC1CCCCC1Oc1cc(NC)nc(C)n1. The van der Waals surface area contributed by atoms with E-state index in [1.165, 1.54) is 25.7 Å². The van der Waals surface area contributed by atoms with Crippen LogP contribution in [0.15, 0.2) is 6.07 Å². The van der Waals surface area contributed by atoms with Crippen LogP contribution in [-0.4, -0.2) is 23.1 Å². The van der Waals surface area contributed by atoms with Gasteiger partial charge in [-0.05, 0) is 38.5 Å². The molecule has 0 bridgehead atoms. The van der Waals surface area contributed by atoms with E-state index >= 15 is 0 Å². The minimum Gasteiger partial charge on any atom is -0.474 e. The summed E-state index contributed by atoms with van der Waals surface area (Å²) in [6.45, 7) is 4.14. The number of aromatic nitrogens is 2. The Hall–Kier alpha value is -1.32. The van der Waals surface area contributed by atoms with Gasteiger partial charge < -0.3 is 10.1 Å². The number of rotatable bonds is 4. The van der Waals surface area contributed by atoms with Gasteiger partial charge in [0, 0.05) is 13.1 Å². The second-order valence-corrected chi connectivity index (χ2v) is 5.00. The van der Waals surface area contributed by atoms with Crippen molar-refractivity contribution in [1.29, 1.82) is 0 Å². The Bertz CT molecular complexity index is 395. The molecule has 100 valence electrons. The molecule has 1 N–H and O–H groups in total. The lowest BCUT2D eigenvalue weighted by atomic mass is 9.85. The maximum Gasteiger partial charge on any atom is 0.218 e. The highest BCUT2D eigenvalue weighted by Gasteiger charge is 2.25. The minimum atomic E-state index is 0.322. The summed E-state index contributed by atoms with van der Waals surface area (Å²) in [7, 11) is 1.86. The van der Waals surface area contributed by atoms with E-state index in [0.717, 1.165) is 18.1 Å². The molecule has 1 aromatic rings. The molecule has 1 aliphatic carbocycles. The second-order valence-electron chi connectivity index (χ2n) is 5.00. The van der Waals surface area contributed by atoms with Crippen molar-refractivity contribution in [2.45, 2.75) is 52.1 Å². The van der Waals surface area contributed by atoms with E-state index in [4.69, 9.17) is 4.74 Å². The maximum atomic E-state index is 6.09. The van der Waals surface area contributed by atoms with E-state index < -0.39 is 0 Å². The van der Waals surface area contributed by atoms with Gasteiger partial charge in [0.1, 0.15) is 17.7 Å². The number of nitrogens with one attached hydrogen (secondary N) is 1. The van der Waals surface area contributed by atoms with Crippen molar-refractivity contribution in [2.24, 2.45) is 5.92 Å². The summed E-state index contributed by atoms with van der Waals surface area (Å²) in [4.78, 5) is 8.65. The summed E-state index contributed by atoms with van der Waals surface area (Å²) in [6.07, 6.45) is 6.55. The smallest absolute Gasteiger partial charge is 0.218 e. The second kappa shape index (κ2) is 6.03. The molecule has 0 saturated heterocycles. The molecule has 18 heavy (non-hydrogen) atoms. The fourth-order valence-electron chi connectivity index (χ4n) is 2.68. The number of anilines is 1. The summed E-state index contributed by atoms with van der Waals surface area (Å²) >= 11 is 0. The molecule has 2 unspecified atom stereocenters. The van der Waals surface area contributed by atoms with Gasteiger partial charge in [-0.1, -0.05) is 13.3 Å². The molecule has 1 aliphatic rings. The number of hydrogen-bond acceptors (Lipinski definition) is 4. The predicted octanol–water partition coefficient (Wildman–Crippen LogP) is 3.17. The van der Waals surface area contributed by atoms with Crippen molar-refractivity contribution in [3.05, 3.63) is 11.9 Å². The topological polar surface area (TPSA) is 47.0 Å². The standard InChI is InChI=1S/C14H23N3O/c1-4-11-7-5-6-8-12(11)18-14-9-13(15-3)16-10(2)17-14/h9,11-12H,4-8H2,1-3H3,(H,15,16,17). The van der Waals surface area contributed by atoms with Crippen LogP contribution in [0.2, 0.25) is 0 Å². The summed E-state index contributed by atoms with van der Waals surface area (Å²) < 4.78 is 6.09. The summed E-state index contributed by atoms with van der Waals surface area (Å²) in [5, 5.41) is 3.04. The number of nitrogens with zero attached hydrogens (tertiary/aromatic N) is 2. The van der Waals surface area contributed by atoms with Gasteiger partial charge in [0.05, 0.1) is 0 Å². The average molecular weight is 249 g/mol. The molecule has 0 aromatic carbocycles. The largest absolute Gasteiger partial charge is 0.474 e. The first kappa shape index (κ1) is 13.1. The fraction of sp³-hybridized carbons (Fsp3) is 0.714. The molecule has 1 aromatic heterocycles. The van der Waals surface area contributed by atoms with Gasteiger partial charge in [0.25, 0.3) is 0 Å². The van der Waals surface area contributed by atoms with Crippen LogP contribution in [0.3, 0.4) is 0 Å². The molecule has 2 rings (SSSR count). The van der Waals surface area contributed by atoms with Gasteiger partial charge in [-0.2, -0.15) is 4.98 Å². The molecule has 0 amide bonds. The number of ether oxygens (including phenoxy) is 1. The molecular formula is C14H23N3O. The van der Waals surface area contributed by atoms with Crippen LogP contribution < -0.4 is 10.1 Å². The van der Waals surface area contributed by atoms with Crippen molar-refractivity contribution in [2.75, 3.05) is 12.4 Å². The highest BCUT2D eigenvalue weighted by Crippen LogP contribution is 2.30. The first-order valence-electron chi connectivity index (χ1n) is 6.93. The third-order valence-electron chi connectivity index (χ3n) is 3.71. The summed E-state index contributed by atoms with van der Waals surface area (Å²) in [5.74, 6) is 2.95. The summed E-state index contributed by atoms with van der Waals surface area (Å²) in [6, 6.07) is 1.88. The molecule has 1 heterocycles. The van der Waals surface area contributed by atoms with Crippen LogP contribution in [0, 0.1) is 12.8 Å².